The Morgan fingerprint density at radius 2 is 2.21 bits per heavy atom. The smallest absolute Gasteiger partial charge is 0.255 e. The number of ether oxygens (including phenoxy) is 1. The Hall–Kier alpha value is -1.71. The van der Waals surface area contributed by atoms with Gasteiger partial charge in [-0.2, -0.15) is 0 Å². The first-order valence-electron chi connectivity index (χ1n) is 6.75. The van der Waals surface area contributed by atoms with Crippen molar-refractivity contribution in [3.63, 3.8) is 0 Å². The Labute approximate surface area is 113 Å². The number of hydrogen-bond donors (Lipinski definition) is 2. The molecule has 0 atom stereocenters. The van der Waals surface area contributed by atoms with Gasteiger partial charge in [0.2, 0.25) is 0 Å². The second-order valence-electron chi connectivity index (χ2n) is 5.27. The molecule has 0 aliphatic heterocycles. The number of methoxy groups -OCH3 is 1. The van der Waals surface area contributed by atoms with Gasteiger partial charge in [0, 0.05) is 12.6 Å². The Balaban J connectivity index is 2.00. The normalized spacial score (nSPS) is 16.5. The standard InChI is InChI=1S/C15H21NO3/c1-3-15(7-4-8-15)10-16-14(18)12-6-5-11(19-2)9-13(12)17/h5-6,9,17H,3-4,7-8,10H2,1-2H3,(H,16,18). The maximum atomic E-state index is 12.1. The summed E-state index contributed by atoms with van der Waals surface area (Å²) in [5, 5.41) is 12.7. The second kappa shape index (κ2) is 5.51. The van der Waals surface area contributed by atoms with Crippen LogP contribution in [0.15, 0.2) is 18.2 Å². The molecule has 4 nitrogen and oxygen atoms in total. The highest BCUT2D eigenvalue weighted by Gasteiger charge is 2.35. The lowest BCUT2D eigenvalue weighted by atomic mass is 9.67. The Morgan fingerprint density at radius 1 is 1.47 bits per heavy atom. The van der Waals surface area contributed by atoms with Crippen molar-refractivity contribution in [3.05, 3.63) is 23.8 Å². The van der Waals surface area contributed by atoms with Crippen LogP contribution >= 0.6 is 0 Å². The van der Waals surface area contributed by atoms with E-state index in [9.17, 15) is 9.90 Å². The quantitative estimate of drug-likeness (QED) is 0.858. The Bertz CT molecular complexity index is 461. The van der Waals surface area contributed by atoms with Gasteiger partial charge in [0.1, 0.15) is 11.5 Å². The minimum absolute atomic E-state index is 0.0454. The number of nitrogens with one attached hydrogen (secondary N) is 1. The third kappa shape index (κ3) is 2.83. The van der Waals surface area contributed by atoms with Crippen LogP contribution in [0, 0.1) is 5.41 Å². The van der Waals surface area contributed by atoms with Gasteiger partial charge in [-0.05, 0) is 36.8 Å². The van der Waals surface area contributed by atoms with Crippen molar-refractivity contribution in [2.24, 2.45) is 5.41 Å². The van der Waals surface area contributed by atoms with Crippen LogP contribution in [0.2, 0.25) is 0 Å². The predicted molar refractivity (Wildman–Crippen MR) is 73.6 cm³/mol. The molecule has 1 aliphatic carbocycles. The van der Waals surface area contributed by atoms with Crippen molar-refractivity contribution < 1.29 is 14.6 Å². The number of aromatic hydroxyl groups is 1. The highest BCUT2D eigenvalue weighted by atomic mass is 16.5. The molecule has 19 heavy (non-hydrogen) atoms. The number of phenolic OH excluding ortho intramolecular Hbond substituents is 1. The van der Waals surface area contributed by atoms with E-state index in [0.717, 1.165) is 6.42 Å². The minimum Gasteiger partial charge on any atom is -0.507 e. The summed E-state index contributed by atoms with van der Waals surface area (Å²) in [4.78, 5) is 12.1. The van der Waals surface area contributed by atoms with Crippen molar-refractivity contribution in [2.45, 2.75) is 32.6 Å². The maximum Gasteiger partial charge on any atom is 0.255 e. The molecular weight excluding hydrogens is 242 g/mol. The van der Waals surface area contributed by atoms with Gasteiger partial charge in [-0.1, -0.05) is 13.3 Å². The average molecular weight is 263 g/mol. The maximum absolute atomic E-state index is 12.1. The fourth-order valence-electron chi connectivity index (χ4n) is 2.53. The van der Waals surface area contributed by atoms with E-state index in [1.54, 1.807) is 12.1 Å². The second-order valence-corrected chi connectivity index (χ2v) is 5.27. The van der Waals surface area contributed by atoms with Gasteiger partial charge in [0.25, 0.3) is 5.91 Å². The van der Waals surface area contributed by atoms with Gasteiger partial charge in [-0.25, -0.2) is 0 Å². The Morgan fingerprint density at radius 3 is 2.68 bits per heavy atom. The zero-order chi connectivity index (χ0) is 13.9. The molecule has 2 rings (SSSR count). The van der Waals surface area contributed by atoms with Gasteiger partial charge in [0.15, 0.2) is 0 Å². The van der Waals surface area contributed by atoms with E-state index in [0.29, 0.717) is 17.9 Å². The molecular formula is C15H21NO3. The summed E-state index contributed by atoms with van der Waals surface area (Å²) in [6.07, 6.45) is 4.69. The van der Waals surface area contributed by atoms with Crippen molar-refractivity contribution >= 4 is 5.91 Å². The molecule has 0 radical (unpaired) electrons. The van der Waals surface area contributed by atoms with Crippen LogP contribution in [0.5, 0.6) is 11.5 Å². The van der Waals surface area contributed by atoms with Crippen molar-refractivity contribution in [3.8, 4) is 11.5 Å². The molecule has 0 aromatic heterocycles. The highest BCUT2D eigenvalue weighted by Crippen LogP contribution is 2.43. The number of amides is 1. The first kappa shape index (κ1) is 13.7. The van der Waals surface area contributed by atoms with Crippen LogP contribution < -0.4 is 10.1 Å². The molecule has 0 bridgehead atoms. The van der Waals surface area contributed by atoms with E-state index in [1.165, 1.54) is 32.4 Å². The lowest BCUT2D eigenvalue weighted by Gasteiger charge is -2.41. The van der Waals surface area contributed by atoms with Crippen LogP contribution in [0.1, 0.15) is 43.0 Å². The monoisotopic (exact) mass is 263 g/mol. The fourth-order valence-corrected chi connectivity index (χ4v) is 2.53. The third-order valence-electron chi connectivity index (χ3n) is 4.24. The number of rotatable bonds is 5. The summed E-state index contributed by atoms with van der Waals surface area (Å²) < 4.78 is 5.00. The lowest BCUT2D eigenvalue weighted by Crippen LogP contribution is -2.41. The first-order valence-corrected chi connectivity index (χ1v) is 6.75. The van der Waals surface area contributed by atoms with E-state index < -0.39 is 0 Å². The molecule has 1 fully saturated rings. The summed E-state index contributed by atoms with van der Waals surface area (Å²) in [6.45, 7) is 2.85. The molecule has 0 heterocycles. The molecule has 0 spiro atoms. The van der Waals surface area contributed by atoms with Gasteiger partial charge < -0.3 is 15.2 Å². The Kier molecular flexibility index (Phi) is 3.98. The third-order valence-corrected chi connectivity index (χ3v) is 4.24. The molecule has 0 saturated heterocycles. The van der Waals surface area contributed by atoms with Crippen molar-refractivity contribution in [2.75, 3.05) is 13.7 Å². The SMILES string of the molecule is CCC1(CNC(=O)c2ccc(OC)cc2O)CCC1. The van der Waals surface area contributed by atoms with Gasteiger partial charge in [-0.3, -0.25) is 4.79 Å². The molecule has 1 saturated carbocycles. The summed E-state index contributed by atoms with van der Waals surface area (Å²) in [6, 6.07) is 4.71. The van der Waals surface area contributed by atoms with Crippen LogP contribution in [-0.2, 0) is 0 Å². The zero-order valence-corrected chi connectivity index (χ0v) is 11.5. The molecule has 2 N–H and O–H groups in total. The van der Waals surface area contributed by atoms with E-state index in [2.05, 4.69) is 12.2 Å². The van der Waals surface area contributed by atoms with Crippen LogP contribution in [0.3, 0.4) is 0 Å². The van der Waals surface area contributed by atoms with Crippen molar-refractivity contribution in [1.29, 1.82) is 0 Å². The topological polar surface area (TPSA) is 58.6 Å². The van der Waals surface area contributed by atoms with Crippen molar-refractivity contribution in [1.82, 2.24) is 5.32 Å². The van der Waals surface area contributed by atoms with Gasteiger partial charge in [-0.15, -0.1) is 0 Å². The minimum atomic E-state index is -0.222. The predicted octanol–water partition coefficient (Wildman–Crippen LogP) is 2.71. The van der Waals surface area contributed by atoms with E-state index in [4.69, 9.17) is 4.74 Å². The fraction of sp³-hybridized carbons (Fsp3) is 0.533. The number of carbonyl (C=O) groups excluding carboxylic acids is 1. The number of hydrogen-bond acceptors (Lipinski definition) is 3. The van der Waals surface area contributed by atoms with E-state index in [1.807, 2.05) is 0 Å². The van der Waals surface area contributed by atoms with E-state index >= 15 is 0 Å². The van der Waals surface area contributed by atoms with E-state index in [-0.39, 0.29) is 17.1 Å². The molecule has 4 heteroatoms. The lowest BCUT2D eigenvalue weighted by molar-refractivity contribution is 0.0847. The molecule has 0 unspecified atom stereocenters. The van der Waals surface area contributed by atoms with Gasteiger partial charge >= 0.3 is 0 Å². The number of benzene rings is 1. The molecule has 104 valence electrons. The largest absolute Gasteiger partial charge is 0.507 e. The molecule has 1 aliphatic rings. The summed E-state index contributed by atoms with van der Waals surface area (Å²) >= 11 is 0. The molecule has 1 aromatic carbocycles. The summed E-state index contributed by atoms with van der Waals surface area (Å²) in [5.41, 5.74) is 0.573. The van der Waals surface area contributed by atoms with Gasteiger partial charge in [0.05, 0.1) is 12.7 Å². The average Bonchev–Trinajstić information content (AvgIpc) is 2.37. The van der Waals surface area contributed by atoms with Crippen LogP contribution in [0.4, 0.5) is 0 Å². The summed E-state index contributed by atoms with van der Waals surface area (Å²) in [7, 11) is 1.52. The number of phenols is 1. The number of carbonyl (C=O) groups is 1. The van der Waals surface area contributed by atoms with Crippen LogP contribution in [0.25, 0.3) is 0 Å². The highest BCUT2D eigenvalue weighted by molar-refractivity contribution is 5.97. The zero-order valence-electron chi connectivity index (χ0n) is 11.5. The molecule has 1 amide bonds. The summed E-state index contributed by atoms with van der Waals surface area (Å²) in [5.74, 6) is 0.272. The molecule has 1 aromatic rings. The van der Waals surface area contributed by atoms with Crippen LogP contribution in [-0.4, -0.2) is 24.7 Å². The first-order chi connectivity index (χ1) is 9.10.